The monoisotopic (exact) mass is 424 g/mol. The van der Waals surface area contributed by atoms with Gasteiger partial charge in [0.15, 0.2) is 5.15 Å². The van der Waals surface area contributed by atoms with Gasteiger partial charge in [-0.15, -0.1) is 13.1 Å². The molecule has 0 fully saturated rings. The van der Waals surface area contributed by atoms with Crippen LogP contribution in [-0.4, -0.2) is 33.9 Å². The Kier molecular flexibility index (Phi) is 8.67. The fourth-order valence-corrected chi connectivity index (χ4v) is 4.06. The van der Waals surface area contributed by atoms with Gasteiger partial charge in [-0.25, -0.2) is 9.97 Å². The normalized spacial score (nSPS) is 11.7. The fourth-order valence-electron chi connectivity index (χ4n) is 2.56. The van der Waals surface area contributed by atoms with Gasteiger partial charge in [-0.3, -0.25) is 4.79 Å². The second-order valence-corrected chi connectivity index (χ2v) is 7.57. The van der Waals surface area contributed by atoms with E-state index in [2.05, 4.69) is 23.8 Å². The first-order valence-electron chi connectivity index (χ1n) is 8.25. The molecule has 28 heavy (non-hydrogen) atoms. The van der Waals surface area contributed by atoms with Gasteiger partial charge in [-0.2, -0.15) is 0 Å². The zero-order chi connectivity index (χ0) is 19.4. The van der Waals surface area contributed by atoms with Crippen molar-refractivity contribution in [1.29, 1.82) is 0 Å². The van der Waals surface area contributed by atoms with Crippen LogP contribution in [0.2, 0.25) is 10.2 Å². The van der Waals surface area contributed by atoms with Crippen LogP contribution in [0.4, 0.5) is 0 Å². The van der Waals surface area contributed by atoms with E-state index in [1.165, 1.54) is 11.8 Å². The molecular weight excluding hydrogens is 408 g/mol. The molecule has 0 saturated heterocycles. The summed E-state index contributed by atoms with van der Waals surface area (Å²) < 4.78 is 0. The zero-order valence-corrected chi connectivity index (χ0v) is 17.8. The third-order valence-electron chi connectivity index (χ3n) is 3.96. The van der Waals surface area contributed by atoms with Gasteiger partial charge in [0, 0.05) is 5.02 Å². The quantitative estimate of drug-likeness (QED) is 0.346. The molecule has 140 valence electrons. The molecule has 2 aromatic carbocycles. The van der Waals surface area contributed by atoms with Crippen molar-refractivity contribution >= 4 is 51.9 Å². The van der Waals surface area contributed by atoms with Crippen molar-refractivity contribution in [1.82, 2.24) is 14.9 Å². The van der Waals surface area contributed by atoms with Gasteiger partial charge >= 0.3 is 18.9 Å². The van der Waals surface area contributed by atoms with E-state index in [1.54, 1.807) is 23.1 Å². The van der Waals surface area contributed by atoms with Crippen LogP contribution in [0.1, 0.15) is 10.8 Å². The number of fused-ring (bicyclic) bond motifs is 1. The molecule has 0 radical (unpaired) electrons. The molecule has 0 aliphatic heterocycles. The van der Waals surface area contributed by atoms with Gasteiger partial charge in [0.05, 0.1) is 11.0 Å². The minimum Gasteiger partial charge on any atom is -0.401 e. The minimum absolute atomic E-state index is 0. The molecule has 3 rings (SSSR count). The Hall–Kier alpha value is -1.22. The molecule has 0 bridgehead atoms. The SMILES string of the molecule is [CH2-]CN(C[CH2-])C(=O)C(Sc1nc2ccc(Cl)cc2nc1Cl)c1ccccc1.[Li+]. The van der Waals surface area contributed by atoms with Crippen LogP contribution in [0.5, 0.6) is 0 Å². The Morgan fingerprint density at radius 2 is 1.71 bits per heavy atom. The first kappa shape index (κ1) is 23.1. The van der Waals surface area contributed by atoms with Gasteiger partial charge in [0.2, 0.25) is 5.91 Å². The molecule has 0 spiro atoms. The number of carbonyl (C=O) groups excluding carboxylic acids is 1. The molecule has 1 aromatic heterocycles. The van der Waals surface area contributed by atoms with Crippen LogP contribution in [0.15, 0.2) is 53.6 Å². The number of carbonyl (C=O) groups is 1. The van der Waals surface area contributed by atoms with E-state index in [-0.39, 0.29) is 29.9 Å². The summed E-state index contributed by atoms with van der Waals surface area (Å²) in [5.74, 6) is -0.0923. The molecule has 1 heterocycles. The molecule has 0 N–H and O–H groups in total. The van der Waals surface area contributed by atoms with Gasteiger partial charge in [0.25, 0.3) is 0 Å². The van der Waals surface area contributed by atoms with E-state index < -0.39 is 5.25 Å². The molecule has 1 unspecified atom stereocenters. The first-order valence-corrected chi connectivity index (χ1v) is 9.88. The Labute approximate surface area is 191 Å². The molecular formula is C20H17Cl2LiN3OS-. The van der Waals surface area contributed by atoms with Crippen molar-refractivity contribution in [2.24, 2.45) is 0 Å². The summed E-state index contributed by atoms with van der Waals surface area (Å²) >= 11 is 13.6. The van der Waals surface area contributed by atoms with Crippen LogP contribution < -0.4 is 18.9 Å². The summed E-state index contributed by atoms with van der Waals surface area (Å²) in [7, 11) is 0. The zero-order valence-electron chi connectivity index (χ0n) is 15.4. The number of nitrogens with zero attached hydrogens (tertiary/aromatic N) is 3. The molecule has 0 saturated carbocycles. The molecule has 4 nitrogen and oxygen atoms in total. The first-order chi connectivity index (χ1) is 13.0. The van der Waals surface area contributed by atoms with Crippen LogP contribution in [0.3, 0.4) is 0 Å². The summed E-state index contributed by atoms with van der Waals surface area (Å²) in [6, 6.07) is 14.7. The summed E-state index contributed by atoms with van der Waals surface area (Å²) in [5, 5.41) is 0.763. The number of hydrogen-bond donors (Lipinski definition) is 0. The second-order valence-electron chi connectivity index (χ2n) is 5.69. The smallest absolute Gasteiger partial charge is 0.401 e. The van der Waals surface area contributed by atoms with E-state index in [0.717, 1.165) is 5.56 Å². The number of hydrogen-bond acceptors (Lipinski definition) is 4. The van der Waals surface area contributed by atoms with Gasteiger partial charge in [-0.1, -0.05) is 65.3 Å². The van der Waals surface area contributed by atoms with E-state index in [1.807, 2.05) is 30.3 Å². The Morgan fingerprint density at radius 3 is 2.36 bits per heavy atom. The van der Waals surface area contributed by atoms with E-state index in [0.29, 0.717) is 34.2 Å². The van der Waals surface area contributed by atoms with Gasteiger partial charge in [-0.05, 0) is 23.8 Å². The number of rotatable bonds is 6. The number of benzene rings is 2. The standard InChI is InChI=1S/C20H17Cl2N3OS.Li/c1-3-25(4-2)20(26)17(13-8-6-5-7-9-13)27-19-18(22)23-16-12-14(21)10-11-15(16)24-19;/h5-12,17H,1-4H2;/q-2;+1. The molecule has 8 heteroatoms. The van der Waals surface area contributed by atoms with E-state index in [4.69, 9.17) is 23.2 Å². The average molecular weight is 425 g/mol. The number of halogens is 2. The summed E-state index contributed by atoms with van der Waals surface area (Å²) in [4.78, 5) is 23.6. The Bertz CT molecular complexity index is 955. The summed E-state index contributed by atoms with van der Waals surface area (Å²) in [6.07, 6.45) is 0. The largest absolute Gasteiger partial charge is 1.00 e. The van der Waals surface area contributed by atoms with Crippen molar-refractivity contribution < 1.29 is 23.7 Å². The van der Waals surface area contributed by atoms with E-state index >= 15 is 0 Å². The van der Waals surface area contributed by atoms with Crippen LogP contribution >= 0.6 is 35.0 Å². The molecule has 1 atom stereocenters. The molecule has 0 aliphatic rings. The van der Waals surface area contributed by atoms with Crippen molar-refractivity contribution in [2.45, 2.75) is 10.3 Å². The second kappa shape index (κ2) is 10.5. The maximum atomic E-state index is 13.0. The third-order valence-corrected chi connectivity index (χ3v) is 5.79. The van der Waals surface area contributed by atoms with Crippen molar-refractivity contribution in [3.05, 3.63) is 78.1 Å². The predicted octanol–water partition coefficient (Wildman–Crippen LogP) is 2.27. The topological polar surface area (TPSA) is 46.1 Å². The Morgan fingerprint density at radius 1 is 1.04 bits per heavy atom. The van der Waals surface area contributed by atoms with Crippen LogP contribution in [0.25, 0.3) is 11.0 Å². The van der Waals surface area contributed by atoms with Gasteiger partial charge in [0.1, 0.15) is 10.3 Å². The molecule has 0 aliphatic carbocycles. The molecule has 1 amide bonds. The maximum absolute atomic E-state index is 13.0. The number of aromatic nitrogens is 2. The van der Waals surface area contributed by atoms with Crippen LogP contribution in [0, 0.1) is 13.8 Å². The number of amides is 1. The number of thioether (sulfide) groups is 1. The Balaban J connectivity index is 0.00000280. The third kappa shape index (κ3) is 5.23. The van der Waals surface area contributed by atoms with Crippen LogP contribution in [-0.2, 0) is 4.79 Å². The predicted molar refractivity (Wildman–Crippen MR) is 112 cm³/mol. The molecule has 3 aromatic rings. The summed E-state index contributed by atoms with van der Waals surface area (Å²) in [5.41, 5.74) is 2.13. The maximum Gasteiger partial charge on any atom is 1.00 e. The van der Waals surface area contributed by atoms with Crippen molar-refractivity contribution in [3.8, 4) is 0 Å². The van der Waals surface area contributed by atoms with Crippen molar-refractivity contribution in [3.63, 3.8) is 0 Å². The average Bonchev–Trinajstić information content (AvgIpc) is 2.68. The summed E-state index contributed by atoms with van der Waals surface area (Å²) in [6.45, 7) is 8.30. The van der Waals surface area contributed by atoms with Gasteiger partial charge < -0.3 is 18.7 Å². The van der Waals surface area contributed by atoms with Crippen molar-refractivity contribution in [2.75, 3.05) is 13.1 Å². The minimum atomic E-state index is -0.522. The van der Waals surface area contributed by atoms with E-state index in [9.17, 15) is 4.79 Å². The fraction of sp³-hybridized carbons (Fsp3) is 0.150.